The molecule has 2 aromatic heterocycles. The number of amides is 1. The average molecular weight is 357 g/mol. The number of ether oxygens (including phenoxy) is 1. The molecule has 2 heterocycles. The van der Waals surface area contributed by atoms with Crippen LogP contribution in [0, 0.1) is 5.92 Å². The highest BCUT2D eigenvalue weighted by molar-refractivity contribution is 6.09. The Morgan fingerprint density at radius 2 is 1.81 bits per heavy atom. The predicted octanol–water partition coefficient (Wildman–Crippen LogP) is 4.74. The monoisotopic (exact) mass is 357 g/mol. The van der Waals surface area contributed by atoms with Gasteiger partial charge >= 0.3 is 0 Å². The van der Waals surface area contributed by atoms with Gasteiger partial charge in [0, 0.05) is 22.2 Å². The van der Waals surface area contributed by atoms with Crippen LogP contribution in [0.5, 0.6) is 5.75 Å². The summed E-state index contributed by atoms with van der Waals surface area (Å²) in [6, 6.07) is 16.3. The van der Waals surface area contributed by atoms with Crippen LogP contribution in [0.25, 0.3) is 32.9 Å². The highest BCUT2D eigenvalue weighted by Gasteiger charge is 2.29. The summed E-state index contributed by atoms with van der Waals surface area (Å²) in [5, 5.41) is 5.10. The maximum absolute atomic E-state index is 12.0. The quantitative estimate of drug-likeness (QED) is 0.554. The van der Waals surface area contributed by atoms with Crippen LogP contribution in [0.1, 0.15) is 12.8 Å². The fourth-order valence-electron chi connectivity index (χ4n) is 3.41. The summed E-state index contributed by atoms with van der Waals surface area (Å²) in [5.74, 6) is 1.69. The number of carbonyl (C=O) groups is 1. The van der Waals surface area contributed by atoms with Crippen LogP contribution in [-0.2, 0) is 4.79 Å². The number of fused-ring (bicyclic) bond motifs is 3. The molecule has 0 saturated heterocycles. The molecule has 1 fully saturated rings. The van der Waals surface area contributed by atoms with Crippen LogP contribution in [0.3, 0.4) is 0 Å². The third-order valence-corrected chi connectivity index (χ3v) is 5.11. The van der Waals surface area contributed by atoms with Crippen molar-refractivity contribution < 1.29 is 9.53 Å². The maximum Gasteiger partial charge on any atom is 0.228 e. The minimum absolute atomic E-state index is 0.0727. The molecule has 5 heteroatoms. The van der Waals surface area contributed by atoms with Gasteiger partial charge in [-0.3, -0.25) is 4.79 Å². The first-order valence-electron chi connectivity index (χ1n) is 9.08. The first-order valence-corrected chi connectivity index (χ1v) is 9.08. The average Bonchev–Trinajstić information content (AvgIpc) is 3.49. The lowest BCUT2D eigenvalue weighted by Crippen LogP contribution is -2.14. The van der Waals surface area contributed by atoms with E-state index in [2.05, 4.69) is 45.6 Å². The van der Waals surface area contributed by atoms with Gasteiger partial charge in [0.15, 0.2) is 0 Å². The minimum atomic E-state index is 0.0727. The Hall–Kier alpha value is -3.34. The van der Waals surface area contributed by atoms with Crippen LogP contribution < -0.4 is 10.1 Å². The van der Waals surface area contributed by atoms with E-state index in [0.29, 0.717) is 5.82 Å². The van der Waals surface area contributed by atoms with Crippen molar-refractivity contribution in [2.75, 3.05) is 12.4 Å². The molecule has 2 aromatic carbocycles. The van der Waals surface area contributed by atoms with E-state index in [1.807, 2.05) is 18.2 Å². The van der Waals surface area contributed by atoms with Gasteiger partial charge in [-0.15, -0.1) is 0 Å². The lowest BCUT2D eigenvalue weighted by molar-refractivity contribution is -0.117. The van der Waals surface area contributed by atoms with Crippen LogP contribution in [0.4, 0.5) is 5.82 Å². The molecule has 27 heavy (non-hydrogen) atoms. The van der Waals surface area contributed by atoms with Gasteiger partial charge in [-0.25, -0.2) is 4.98 Å². The van der Waals surface area contributed by atoms with Gasteiger partial charge < -0.3 is 15.0 Å². The molecule has 1 amide bonds. The topological polar surface area (TPSA) is 67.0 Å². The van der Waals surface area contributed by atoms with Crippen molar-refractivity contribution in [2.45, 2.75) is 12.8 Å². The van der Waals surface area contributed by atoms with Gasteiger partial charge in [-0.2, -0.15) is 0 Å². The molecule has 1 aliphatic carbocycles. The number of nitrogens with zero attached hydrogens (tertiary/aromatic N) is 1. The first-order chi connectivity index (χ1) is 13.2. The zero-order valence-corrected chi connectivity index (χ0v) is 15.0. The highest BCUT2D eigenvalue weighted by Crippen LogP contribution is 2.32. The third-order valence-electron chi connectivity index (χ3n) is 5.11. The van der Waals surface area contributed by atoms with E-state index in [4.69, 9.17) is 4.74 Å². The number of aromatic nitrogens is 2. The second kappa shape index (κ2) is 6.13. The molecule has 0 atom stereocenters. The molecule has 0 aliphatic heterocycles. The summed E-state index contributed by atoms with van der Waals surface area (Å²) >= 11 is 0. The van der Waals surface area contributed by atoms with Gasteiger partial charge in [-0.1, -0.05) is 24.3 Å². The van der Waals surface area contributed by atoms with Crippen LogP contribution in [0.15, 0.2) is 54.7 Å². The molecule has 134 valence electrons. The molecule has 1 aliphatic rings. The Bertz CT molecular complexity index is 1160. The lowest BCUT2D eigenvalue weighted by atomic mass is 10.0. The summed E-state index contributed by atoms with van der Waals surface area (Å²) in [6.07, 6.45) is 3.75. The number of benzene rings is 2. The Kier molecular flexibility index (Phi) is 3.60. The lowest BCUT2D eigenvalue weighted by Gasteiger charge is -2.04. The van der Waals surface area contributed by atoms with E-state index < -0.39 is 0 Å². The number of carbonyl (C=O) groups excluding carboxylic acids is 1. The molecule has 0 spiro atoms. The van der Waals surface area contributed by atoms with E-state index in [1.54, 1.807) is 13.3 Å². The van der Waals surface area contributed by atoms with Crippen molar-refractivity contribution in [1.29, 1.82) is 0 Å². The summed E-state index contributed by atoms with van der Waals surface area (Å²) in [5.41, 5.74) is 4.27. The number of methoxy groups -OCH3 is 1. The number of aromatic amines is 1. The SMILES string of the molecule is COc1ccc(-c2ccc3c(c2)[nH]c2cnc(NC(=O)C4CC4)cc23)cc1. The molecule has 5 nitrogen and oxygen atoms in total. The Morgan fingerprint density at radius 3 is 2.56 bits per heavy atom. The second-order valence-corrected chi connectivity index (χ2v) is 6.99. The van der Waals surface area contributed by atoms with Gasteiger partial charge in [0.1, 0.15) is 11.6 Å². The molecule has 4 aromatic rings. The van der Waals surface area contributed by atoms with Crippen LogP contribution in [-0.4, -0.2) is 23.0 Å². The highest BCUT2D eigenvalue weighted by atomic mass is 16.5. The third kappa shape index (κ3) is 2.91. The molecular formula is C22H19N3O2. The maximum atomic E-state index is 12.0. The molecule has 0 bridgehead atoms. The fourth-order valence-corrected chi connectivity index (χ4v) is 3.41. The van der Waals surface area contributed by atoms with Crippen LogP contribution in [0.2, 0.25) is 0 Å². The number of rotatable bonds is 4. The summed E-state index contributed by atoms with van der Waals surface area (Å²) < 4.78 is 5.23. The Balaban J connectivity index is 1.52. The zero-order chi connectivity index (χ0) is 18.4. The Morgan fingerprint density at radius 1 is 1.04 bits per heavy atom. The van der Waals surface area contributed by atoms with Gasteiger partial charge in [-0.05, 0) is 48.2 Å². The fraction of sp³-hybridized carbons (Fsp3) is 0.182. The van der Waals surface area contributed by atoms with E-state index >= 15 is 0 Å². The van der Waals surface area contributed by atoms with Crippen molar-refractivity contribution >= 4 is 33.5 Å². The number of nitrogens with one attached hydrogen (secondary N) is 2. The molecule has 0 unspecified atom stereocenters. The molecular weight excluding hydrogens is 338 g/mol. The van der Waals surface area contributed by atoms with E-state index in [9.17, 15) is 4.79 Å². The number of hydrogen-bond donors (Lipinski definition) is 2. The standard InChI is InChI=1S/C22H19N3O2/c1-27-16-7-4-13(5-8-16)15-6-9-17-18-11-21(25-22(26)14-2-3-14)23-12-20(18)24-19(17)10-15/h4-12,14,24H,2-3H2,1H3,(H,23,25,26). The van der Waals surface area contributed by atoms with Gasteiger partial charge in [0.25, 0.3) is 0 Å². The number of hydrogen-bond acceptors (Lipinski definition) is 3. The number of H-pyrrole nitrogens is 1. The van der Waals surface area contributed by atoms with Crippen molar-refractivity contribution in [1.82, 2.24) is 9.97 Å². The van der Waals surface area contributed by atoms with Crippen molar-refractivity contribution in [2.24, 2.45) is 5.92 Å². The second-order valence-electron chi connectivity index (χ2n) is 6.99. The van der Waals surface area contributed by atoms with Crippen molar-refractivity contribution in [3.05, 3.63) is 54.7 Å². The number of pyridine rings is 1. The van der Waals surface area contributed by atoms with E-state index in [0.717, 1.165) is 51.5 Å². The zero-order valence-electron chi connectivity index (χ0n) is 15.0. The molecule has 1 saturated carbocycles. The van der Waals surface area contributed by atoms with Crippen molar-refractivity contribution in [3.8, 4) is 16.9 Å². The summed E-state index contributed by atoms with van der Waals surface area (Å²) in [6.45, 7) is 0. The summed E-state index contributed by atoms with van der Waals surface area (Å²) in [7, 11) is 1.67. The Labute approximate surface area is 156 Å². The molecule has 5 rings (SSSR count). The molecule has 2 N–H and O–H groups in total. The van der Waals surface area contributed by atoms with Gasteiger partial charge in [0.2, 0.25) is 5.91 Å². The smallest absolute Gasteiger partial charge is 0.228 e. The van der Waals surface area contributed by atoms with Crippen molar-refractivity contribution in [3.63, 3.8) is 0 Å². The summed E-state index contributed by atoms with van der Waals surface area (Å²) in [4.78, 5) is 19.8. The number of anilines is 1. The normalized spacial score (nSPS) is 13.8. The van der Waals surface area contributed by atoms with Gasteiger partial charge in [0.05, 0.1) is 18.8 Å². The minimum Gasteiger partial charge on any atom is -0.497 e. The van der Waals surface area contributed by atoms with E-state index in [-0.39, 0.29) is 11.8 Å². The van der Waals surface area contributed by atoms with Crippen LogP contribution >= 0.6 is 0 Å². The molecule has 0 radical (unpaired) electrons. The predicted molar refractivity (Wildman–Crippen MR) is 107 cm³/mol. The largest absolute Gasteiger partial charge is 0.497 e. The first kappa shape index (κ1) is 15.9. The van der Waals surface area contributed by atoms with E-state index in [1.165, 1.54) is 0 Å².